The molecule has 0 aliphatic rings. The van der Waals surface area contributed by atoms with Crippen LogP contribution in [0.15, 0.2) is 43.0 Å². The van der Waals surface area contributed by atoms with E-state index in [0.29, 0.717) is 34.1 Å². The van der Waals surface area contributed by atoms with Crippen LogP contribution in [0.1, 0.15) is 45.0 Å². The number of anilines is 1. The Morgan fingerprint density at radius 1 is 1.23 bits per heavy atom. The fraction of sp³-hybridized carbons (Fsp3) is 0.263. The zero-order valence-electron chi connectivity index (χ0n) is 14.5. The summed E-state index contributed by atoms with van der Waals surface area (Å²) in [6, 6.07) is 8.98. The quantitative estimate of drug-likeness (QED) is 0.411. The van der Waals surface area contributed by atoms with E-state index in [4.69, 9.17) is 4.74 Å². The maximum atomic E-state index is 12.0. The summed E-state index contributed by atoms with van der Waals surface area (Å²) < 4.78 is 4.97. The maximum Gasteiger partial charge on any atom is 0.350 e. The van der Waals surface area contributed by atoms with Gasteiger partial charge in [0.2, 0.25) is 5.91 Å². The summed E-state index contributed by atoms with van der Waals surface area (Å²) in [6.45, 7) is 5.28. The number of benzene rings is 1. The molecular weight excluding hydrogens is 352 g/mol. The van der Waals surface area contributed by atoms with E-state index >= 15 is 0 Å². The van der Waals surface area contributed by atoms with Crippen molar-refractivity contribution >= 4 is 34.1 Å². The Kier molecular flexibility index (Phi) is 7.23. The van der Waals surface area contributed by atoms with Gasteiger partial charge in [0.1, 0.15) is 11.5 Å². The highest BCUT2D eigenvalue weighted by molar-refractivity contribution is 7.17. The Morgan fingerprint density at radius 3 is 2.65 bits per heavy atom. The van der Waals surface area contributed by atoms with E-state index in [1.165, 1.54) is 6.08 Å². The molecule has 136 valence electrons. The molecular formula is C19H20N2O4S. The fourth-order valence-electron chi connectivity index (χ4n) is 2.20. The van der Waals surface area contributed by atoms with Gasteiger partial charge in [-0.1, -0.05) is 54.3 Å². The minimum Gasteiger partial charge on any atom is -0.457 e. The molecule has 6 nitrogen and oxygen atoms in total. The summed E-state index contributed by atoms with van der Waals surface area (Å²) >= 11 is 1.06. The summed E-state index contributed by atoms with van der Waals surface area (Å²) in [5.41, 5.74) is 1.14. The van der Waals surface area contributed by atoms with Crippen molar-refractivity contribution in [3.8, 4) is 0 Å². The number of esters is 1. The van der Waals surface area contributed by atoms with Gasteiger partial charge in [-0.2, -0.15) is 0 Å². The van der Waals surface area contributed by atoms with Gasteiger partial charge >= 0.3 is 5.97 Å². The Bertz CT molecular complexity index is 799. The number of rotatable bonds is 9. The molecule has 1 aromatic heterocycles. The van der Waals surface area contributed by atoms with Gasteiger partial charge in [-0.25, -0.2) is 9.78 Å². The van der Waals surface area contributed by atoms with Crippen molar-refractivity contribution in [2.45, 2.75) is 26.2 Å². The number of nitrogens with zero attached hydrogens (tertiary/aromatic N) is 1. The molecule has 0 saturated carbocycles. The van der Waals surface area contributed by atoms with Gasteiger partial charge in [0.15, 0.2) is 10.9 Å². The largest absolute Gasteiger partial charge is 0.457 e. The zero-order chi connectivity index (χ0) is 18.9. The Morgan fingerprint density at radius 2 is 1.96 bits per heavy atom. The van der Waals surface area contributed by atoms with E-state index in [2.05, 4.69) is 16.9 Å². The number of hydrogen-bond acceptors (Lipinski definition) is 6. The summed E-state index contributed by atoms with van der Waals surface area (Å²) in [7, 11) is 0. The molecule has 0 atom stereocenters. The number of amides is 1. The van der Waals surface area contributed by atoms with Crippen LogP contribution in [-0.2, 0) is 9.53 Å². The predicted molar refractivity (Wildman–Crippen MR) is 101 cm³/mol. The summed E-state index contributed by atoms with van der Waals surface area (Å²) in [5.74, 6) is -0.727. The topological polar surface area (TPSA) is 85.4 Å². The van der Waals surface area contributed by atoms with Gasteiger partial charge in [0, 0.05) is 18.4 Å². The number of carbonyl (C=O) groups excluding carboxylic acids is 3. The van der Waals surface area contributed by atoms with Crippen LogP contribution in [0.4, 0.5) is 5.13 Å². The molecule has 0 unspecified atom stereocenters. The number of nitrogens with one attached hydrogen (secondary N) is 1. The third-order valence-electron chi connectivity index (χ3n) is 3.46. The molecule has 1 aromatic carbocycles. The highest BCUT2D eigenvalue weighted by Crippen LogP contribution is 2.23. The highest BCUT2D eigenvalue weighted by atomic mass is 32.1. The number of ether oxygens (including phenoxy) is 1. The van der Waals surface area contributed by atoms with E-state index in [1.54, 1.807) is 19.1 Å². The van der Waals surface area contributed by atoms with Crippen LogP contribution in [-0.4, -0.2) is 29.3 Å². The van der Waals surface area contributed by atoms with Crippen LogP contribution in [0.5, 0.6) is 0 Å². The smallest absolute Gasteiger partial charge is 0.350 e. The zero-order valence-corrected chi connectivity index (χ0v) is 15.3. The van der Waals surface area contributed by atoms with Gasteiger partial charge in [-0.15, -0.1) is 0 Å². The Balaban J connectivity index is 1.81. The molecule has 2 rings (SSSR count). The van der Waals surface area contributed by atoms with Crippen molar-refractivity contribution in [2.24, 2.45) is 0 Å². The lowest BCUT2D eigenvalue weighted by molar-refractivity contribution is -0.116. The van der Waals surface area contributed by atoms with Crippen molar-refractivity contribution in [1.82, 2.24) is 4.98 Å². The van der Waals surface area contributed by atoms with E-state index in [1.807, 2.05) is 18.2 Å². The van der Waals surface area contributed by atoms with Gasteiger partial charge in [-0.05, 0) is 13.3 Å². The first-order chi connectivity index (χ1) is 12.5. The summed E-state index contributed by atoms with van der Waals surface area (Å²) in [6.07, 6.45) is 2.42. The SMILES string of the molecule is C=CCOC(=O)c1sc(NC(=O)CCCC(=O)c2ccccc2)nc1C. The first-order valence-electron chi connectivity index (χ1n) is 8.14. The van der Waals surface area contributed by atoms with Crippen molar-refractivity contribution < 1.29 is 19.1 Å². The van der Waals surface area contributed by atoms with Gasteiger partial charge < -0.3 is 10.1 Å². The van der Waals surface area contributed by atoms with Gasteiger partial charge in [0.05, 0.1) is 5.69 Å². The molecule has 0 spiro atoms. The number of aromatic nitrogens is 1. The molecule has 2 aromatic rings. The maximum absolute atomic E-state index is 12.0. The first-order valence-corrected chi connectivity index (χ1v) is 8.96. The molecule has 0 radical (unpaired) electrons. The van der Waals surface area contributed by atoms with Crippen molar-refractivity contribution in [1.29, 1.82) is 0 Å². The standard InChI is InChI=1S/C19H20N2O4S/c1-3-12-25-18(24)17-13(2)20-19(26-17)21-16(23)11-7-10-15(22)14-8-5-4-6-9-14/h3-6,8-9H,1,7,10-12H2,2H3,(H,20,21,23). The second-order valence-electron chi connectivity index (χ2n) is 5.51. The minimum absolute atomic E-state index is 0.00995. The number of hydrogen-bond donors (Lipinski definition) is 1. The molecule has 0 aliphatic heterocycles. The number of Topliss-reactive ketones (excluding diaryl/α,β-unsaturated/α-hetero) is 1. The molecule has 1 N–H and O–H groups in total. The second-order valence-corrected chi connectivity index (χ2v) is 6.51. The number of aryl methyl sites for hydroxylation is 1. The molecule has 0 aliphatic carbocycles. The molecule has 0 saturated heterocycles. The number of ketones is 1. The first kappa shape index (κ1) is 19.5. The number of thiazole rings is 1. The van der Waals surface area contributed by atoms with Crippen LogP contribution in [0.2, 0.25) is 0 Å². The Labute approximate surface area is 155 Å². The summed E-state index contributed by atoms with van der Waals surface area (Å²) in [5, 5.41) is 3.00. The van der Waals surface area contributed by atoms with E-state index in [-0.39, 0.29) is 24.7 Å². The molecule has 7 heteroatoms. The van der Waals surface area contributed by atoms with Gasteiger partial charge in [0.25, 0.3) is 0 Å². The van der Waals surface area contributed by atoms with Gasteiger partial charge in [-0.3, -0.25) is 9.59 Å². The highest BCUT2D eigenvalue weighted by Gasteiger charge is 2.17. The molecule has 1 heterocycles. The minimum atomic E-state index is -0.492. The lowest BCUT2D eigenvalue weighted by Gasteiger charge is -2.02. The van der Waals surface area contributed by atoms with Crippen molar-refractivity contribution in [3.63, 3.8) is 0 Å². The monoisotopic (exact) mass is 372 g/mol. The van der Waals surface area contributed by atoms with Crippen LogP contribution in [0, 0.1) is 6.92 Å². The summed E-state index contributed by atoms with van der Waals surface area (Å²) in [4.78, 5) is 40.4. The lowest BCUT2D eigenvalue weighted by atomic mass is 10.1. The number of carbonyl (C=O) groups is 3. The molecule has 0 fully saturated rings. The van der Waals surface area contributed by atoms with Crippen molar-refractivity contribution in [2.75, 3.05) is 11.9 Å². The average molecular weight is 372 g/mol. The third-order valence-corrected chi connectivity index (χ3v) is 4.52. The van der Waals surface area contributed by atoms with E-state index < -0.39 is 5.97 Å². The second kappa shape index (κ2) is 9.62. The van der Waals surface area contributed by atoms with Crippen molar-refractivity contribution in [3.05, 3.63) is 59.1 Å². The van der Waals surface area contributed by atoms with Crippen LogP contribution in [0.3, 0.4) is 0 Å². The normalized spacial score (nSPS) is 10.2. The fourth-order valence-corrected chi connectivity index (χ4v) is 3.08. The van der Waals surface area contributed by atoms with E-state index in [0.717, 1.165) is 11.3 Å². The molecule has 0 bridgehead atoms. The predicted octanol–water partition coefficient (Wildman–Crippen LogP) is 3.79. The van der Waals surface area contributed by atoms with Crippen LogP contribution in [0.25, 0.3) is 0 Å². The molecule has 26 heavy (non-hydrogen) atoms. The van der Waals surface area contributed by atoms with E-state index in [9.17, 15) is 14.4 Å². The molecule has 1 amide bonds. The van der Waals surface area contributed by atoms with Crippen LogP contribution >= 0.6 is 11.3 Å². The Hall–Kier alpha value is -2.80. The lowest BCUT2D eigenvalue weighted by Crippen LogP contribution is -2.11. The average Bonchev–Trinajstić information content (AvgIpc) is 3.00. The third kappa shape index (κ3) is 5.63. The van der Waals surface area contributed by atoms with Crippen LogP contribution < -0.4 is 5.32 Å².